The van der Waals surface area contributed by atoms with Crippen molar-refractivity contribution in [3.05, 3.63) is 41.4 Å². The molecule has 2 N–H and O–H groups in total. The number of carboxylic acid groups (broad SMARTS) is 1. The van der Waals surface area contributed by atoms with E-state index in [9.17, 15) is 9.59 Å². The smallest absolute Gasteiger partial charge is 0.337 e. The molecule has 0 unspecified atom stereocenters. The molecule has 0 fully saturated rings. The van der Waals surface area contributed by atoms with Crippen molar-refractivity contribution in [3.63, 3.8) is 0 Å². The Hall–Kier alpha value is -2.41. The predicted octanol–water partition coefficient (Wildman–Crippen LogP) is 1.66. The number of amides is 1. The minimum Gasteiger partial charge on any atom is -0.478 e. The second-order valence-electron chi connectivity index (χ2n) is 3.92. The van der Waals surface area contributed by atoms with Crippen LogP contribution in [0.15, 0.2) is 30.9 Å². The second-order valence-corrected chi connectivity index (χ2v) is 4.33. The molecule has 1 aromatic carbocycles. The van der Waals surface area contributed by atoms with Crippen LogP contribution in [0.3, 0.4) is 0 Å². The van der Waals surface area contributed by atoms with Crippen molar-refractivity contribution in [1.82, 2.24) is 14.8 Å². The van der Waals surface area contributed by atoms with Gasteiger partial charge in [0, 0.05) is 6.42 Å². The third-order valence-electron chi connectivity index (χ3n) is 2.54. The third kappa shape index (κ3) is 3.33. The first-order valence-electron chi connectivity index (χ1n) is 5.72. The van der Waals surface area contributed by atoms with E-state index in [0.29, 0.717) is 6.54 Å². The van der Waals surface area contributed by atoms with Crippen LogP contribution in [0.1, 0.15) is 16.8 Å². The summed E-state index contributed by atoms with van der Waals surface area (Å²) in [6.07, 6.45) is 2.99. The van der Waals surface area contributed by atoms with Crippen molar-refractivity contribution in [2.75, 3.05) is 5.32 Å². The fourth-order valence-electron chi connectivity index (χ4n) is 1.60. The summed E-state index contributed by atoms with van der Waals surface area (Å²) in [4.78, 5) is 26.6. The molecule has 2 aromatic rings. The van der Waals surface area contributed by atoms with Crippen LogP contribution in [0.4, 0.5) is 5.69 Å². The summed E-state index contributed by atoms with van der Waals surface area (Å²) in [5, 5.41) is 15.6. The number of anilines is 1. The van der Waals surface area contributed by atoms with Crippen LogP contribution in [-0.4, -0.2) is 31.7 Å². The number of rotatable bonds is 5. The lowest BCUT2D eigenvalue weighted by molar-refractivity contribution is -0.116. The van der Waals surface area contributed by atoms with Crippen molar-refractivity contribution < 1.29 is 14.7 Å². The molecule has 0 aliphatic rings. The highest BCUT2D eigenvalue weighted by molar-refractivity contribution is 6.34. The number of aryl methyl sites for hydroxylation is 1. The first-order valence-corrected chi connectivity index (χ1v) is 6.10. The first-order chi connectivity index (χ1) is 9.58. The van der Waals surface area contributed by atoms with E-state index in [0.717, 1.165) is 0 Å². The van der Waals surface area contributed by atoms with Gasteiger partial charge in [-0.2, -0.15) is 5.10 Å². The SMILES string of the molecule is O=C(CCn1cncn1)Nc1c(Cl)cccc1C(=O)O. The normalized spacial score (nSPS) is 10.2. The molecule has 0 atom stereocenters. The number of benzene rings is 1. The fraction of sp³-hybridized carbons (Fsp3) is 0.167. The van der Waals surface area contributed by atoms with Gasteiger partial charge in [0.25, 0.3) is 0 Å². The van der Waals surface area contributed by atoms with Crippen LogP contribution in [0.5, 0.6) is 0 Å². The molecule has 0 saturated carbocycles. The van der Waals surface area contributed by atoms with Crippen molar-refractivity contribution in [2.45, 2.75) is 13.0 Å². The van der Waals surface area contributed by atoms with E-state index in [4.69, 9.17) is 16.7 Å². The summed E-state index contributed by atoms with van der Waals surface area (Å²) in [6, 6.07) is 4.40. The van der Waals surface area contributed by atoms with Gasteiger partial charge in [-0.15, -0.1) is 0 Å². The topological polar surface area (TPSA) is 97.1 Å². The fourth-order valence-corrected chi connectivity index (χ4v) is 1.82. The zero-order valence-corrected chi connectivity index (χ0v) is 11.0. The molecule has 7 nitrogen and oxygen atoms in total. The Balaban J connectivity index is 2.06. The van der Waals surface area contributed by atoms with E-state index in [1.54, 1.807) is 0 Å². The highest BCUT2D eigenvalue weighted by Crippen LogP contribution is 2.26. The van der Waals surface area contributed by atoms with Crippen LogP contribution < -0.4 is 5.32 Å². The molecular formula is C12H11ClN4O3. The summed E-state index contributed by atoms with van der Waals surface area (Å²) in [7, 11) is 0. The van der Waals surface area contributed by atoms with Crippen molar-refractivity contribution in [3.8, 4) is 0 Å². The van der Waals surface area contributed by atoms with E-state index in [2.05, 4.69) is 15.4 Å². The molecule has 0 spiro atoms. The molecular weight excluding hydrogens is 284 g/mol. The lowest BCUT2D eigenvalue weighted by atomic mass is 10.1. The lowest BCUT2D eigenvalue weighted by Crippen LogP contribution is -2.17. The molecule has 0 bridgehead atoms. The Labute approximate surface area is 119 Å². The van der Waals surface area contributed by atoms with E-state index < -0.39 is 5.97 Å². The van der Waals surface area contributed by atoms with Gasteiger partial charge in [-0.1, -0.05) is 17.7 Å². The van der Waals surface area contributed by atoms with Gasteiger partial charge in [0.15, 0.2) is 0 Å². The number of para-hydroxylation sites is 1. The van der Waals surface area contributed by atoms with Crippen LogP contribution in [0, 0.1) is 0 Å². The highest BCUT2D eigenvalue weighted by Gasteiger charge is 2.15. The number of carbonyl (C=O) groups is 2. The van der Waals surface area contributed by atoms with Gasteiger partial charge in [-0.25, -0.2) is 9.78 Å². The molecule has 20 heavy (non-hydrogen) atoms. The largest absolute Gasteiger partial charge is 0.478 e. The molecule has 2 rings (SSSR count). The molecule has 0 aliphatic carbocycles. The number of nitrogens with zero attached hydrogens (tertiary/aromatic N) is 3. The Bertz CT molecular complexity index is 628. The van der Waals surface area contributed by atoms with E-state index in [1.807, 2.05) is 0 Å². The third-order valence-corrected chi connectivity index (χ3v) is 2.86. The number of nitrogens with one attached hydrogen (secondary N) is 1. The molecule has 8 heteroatoms. The van der Waals surface area contributed by atoms with Crippen LogP contribution in [-0.2, 0) is 11.3 Å². The monoisotopic (exact) mass is 294 g/mol. The first kappa shape index (κ1) is 14.0. The predicted molar refractivity (Wildman–Crippen MR) is 71.7 cm³/mol. The molecule has 0 radical (unpaired) electrons. The van der Waals surface area contributed by atoms with E-state index in [1.165, 1.54) is 35.5 Å². The average Bonchev–Trinajstić information content (AvgIpc) is 2.91. The Morgan fingerprint density at radius 2 is 2.20 bits per heavy atom. The van der Waals surface area contributed by atoms with Gasteiger partial charge in [0.05, 0.1) is 22.8 Å². The minimum atomic E-state index is -1.15. The summed E-state index contributed by atoms with van der Waals surface area (Å²) < 4.78 is 1.50. The van der Waals surface area contributed by atoms with Gasteiger partial charge in [-0.05, 0) is 12.1 Å². The number of aromatic nitrogens is 3. The van der Waals surface area contributed by atoms with Crippen molar-refractivity contribution in [1.29, 1.82) is 0 Å². The van der Waals surface area contributed by atoms with Gasteiger partial charge in [-0.3, -0.25) is 9.48 Å². The standard InChI is InChI=1S/C12H11ClN4O3/c13-9-3-1-2-8(12(19)20)11(9)16-10(18)4-5-17-7-14-6-15-17/h1-3,6-7H,4-5H2,(H,16,18)(H,19,20). The maximum Gasteiger partial charge on any atom is 0.337 e. The number of hydrogen-bond acceptors (Lipinski definition) is 4. The molecule has 104 valence electrons. The zero-order chi connectivity index (χ0) is 14.5. The van der Waals surface area contributed by atoms with Crippen LogP contribution in [0.2, 0.25) is 5.02 Å². The molecule has 1 aromatic heterocycles. The van der Waals surface area contributed by atoms with E-state index in [-0.39, 0.29) is 28.6 Å². The number of carboxylic acids is 1. The Morgan fingerprint density at radius 1 is 1.40 bits per heavy atom. The highest BCUT2D eigenvalue weighted by atomic mass is 35.5. The van der Waals surface area contributed by atoms with Crippen molar-refractivity contribution in [2.24, 2.45) is 0 Å². The van der Waals surface area contributed by atoms with Gasteiger partial charge in [0.1, 0.15) is 12.7 Å². The van der Waals surface area contributed by atoms with Crippen molar-refractivity contribution >= 4 is 29.2 Å². The average molecular weight is 295 g/mol. The minimum absolute atomic E-state index is 0.0494. The second kappa shape index (κ2) is 6.16. The quantitative estimate of drug-likeness (QED) is 0.874. The maximum absolute atomic E-state index is 11.8. The van der Waals surface area contributed by atoms with Gasteiger partial charge in [0.2, 0.25) is 5.91 Å². The van der Waals surface area contributed by atoms with Gasteiger partial charge >= 0.3 is 5.97 Å². The van der Waals surface area contributed by atoms with Gasteiger partial charge < -0.3 is 10.4 Å². The number of halogens is 1. The molecule has 1 amide bonds. The molecule has 0 saturated heterocycles. The number of aromatic carboxylic acids is 1. The number of carbonyl (C=O) groups excluding carboxylic acids is 1. The summed E-state index contributed by atoms with van der Waals surface area (Å²) >= 11 is 5.91. The molecule has 0 aliphatic heterocycles. The summed E-state index contributed by atoms with van der Waals surface area (Å²) in [6.45, 7) is 0.346. The summed E-state index contributed by atoms with van der Waals surface area (Å²) in [5.74, 6) is -1.50. The Kier molecular flexibility index (Phi) is 4.31. The number of hydrogen-bond donors (Lipinski definition) is 2. The van der Waals surface area contributed by atoms with Crippen LogP contribution in [0.25, 0.3) is 0 Å². The lowest BCUT2D eigenvalue weighted by Gasteiger charge is -2.10. The van der Waals surface area contributed by atoms with E-state index >= 15 is 0 Å². The maximum atomic E-state index is 11.8. The summed E-state index contributed by atoms with van der Waals surface area (Å²) in [5.41, 5.74) is 0.0527. The molecule has 1 heterocycles. The van der Waals surface area contributed by atoms with Crippen LogP contribution >= 0.6 is 11.6 Å². The Morgan fingerprint density at radius 3 is 2.85 bits per heavy atom. The zero-order valence-electron chi connectivity index (χ0n) is 10.3.